The number of aliphatic hydroxyl groups is 1. The molecule has 1 aromatic rings. The molecule has 0 aliphatic rings. The number of carbonyl (C=O) groups is 1. The van der Waals surface area contributed by atoms with Crippen molar-refractivity contribution in [1.29, 1.82) is 0 Å². The van der Waals surface area contributed by atoms with Gasteiger partial charge in [-0.25, -0.2) is 0 Å². The average Bonchev–Trinajstić information content (AvgIpc) is 2.26. The summed E-state index contributed by atoms with van der Waals surface area (Å²) in [6.45, 7) is 3.51. The Morgan fingerprint density at radius 2 is 2.29 bits per heavy atom. The highest BCUT2D eigenvalue weighted by atomic mass is 16.3. The number of aromatic nitrogens is 1. The Bertz CT molecular complexity index is 401. The van der Waals surface area contributed by atoms with E-state index in [-0.39, 0.29) is 18.1 Å². The molecule has 0 aromatic carbocycles. The van der Waals surface area contributed by atoms with E-state index in [4.69, 9.17) is 5.84 Å². The molecule has 94 valence electrons. The first-order valence-corrected chi connectivity index (χ1v) is 5.24. The van der Waals surface area contributed by atoms with Gasteiger partial charge in [0.2, 0.25) is 0 Å². The van der Waals surface area contributed by atoms with Gasteiger partial charge in [0, 0.05) is 19.8 Å². The number of carbonyl (C=O) groups excluding carboxylic acids is 1. The number of anilines is 1. The first-order valence-electron chi connectivity index (χ1n) is 5.24. The molecule has 4 N–H and O–H groups in total. The fraction of sp³-hybridized carbons (Fsp3) is 0.455. The Hall–Kier alpha value is -1.66. The molecular formula is C11H18N4O2. The second kappa shape index (κ2) is 5.11. The zero-order valence-corrected chi connectivity index (χ0v) is 10.3. The molecular weight excluding hydrogens is 220 g/mol. The van der Waals surface area contributed by atoms with E-state index in [2.05, 4.69) is 10.4 Å². The average molecular weight is 238 g/mol. The van der Waals surface area contributed by atoms with Crippen molar-refractivity contribution in [3.63, 3.8) is 0 Å². The smallest absolute Gasteiger partial charge is 0.272 e. The number of pyridine rings is 1. The van der Waals surface area contributed by atoms with Crippen molar-refractivity contribution in [2.45, 2.75) is 19.4 Å². The van der Waals surface area contributed by atoms with Crippen molar-refractivity contribution >= 4 is 11.6 Å². The molecule has 6 heteroatoms. The SMILES string of the molecule is CN(CC(C)(C)O)C(=O)c1cc(NN)ccn1. The summed E-state index contributed by atoms with van der Waals surface area (Å²) in [6.07, 6.45) is 1.50. The third-order valence-electron chi connectivity index (χ3n) is 2.12. The van der Waals surface area contributed by atoms with Crippen LogP contribution in [0.3, 0.4) is 0 Å². The van der Waals surface area contributed by atoms with Crippen LogP contribution < -0.4 is 11.3 Å². The monoisotopic (exact) mass is 238 g/mol. The Kier molecular flexibility index (Phi) is 4.03. The molecule has 0 spiro atoms. The fourth-order valence-corrected chi connectivity index (χ4v) is 1.49. The zero-order chi connectivity index (χ0) is 13.1. The van der Waals surface area contributed by atoms with E-state index in [1.807, 2.05) is 0 Å². The van der Waals surface area contributed by atoms with E-state index in [0.29, 0.717) is 5.69 Å². The Morgan fingerprint density at radius 1 is 1.65 bits per heavy atom. The molecule has 17 heavy (non-hydrogen) atoms. The summed E-state index contributed by atoms with van der Waals surface area (Å²) in [7, 11) is 1.62. The Labute approximate surface area is 100 Å². The molecule has 0 aliphatic heterocycles. The van der Waals surface area contributed by atoms with Gasteiger partial charge in [-0.3, -0.25) is 15.6 Å². The maximum Gasteiger partial charge on any atom is 0.272 e. The van der Waals surface area contributed by atoms with Gasteiger partial charge in [0.05, 0.1) is 11.3 Å². The molecule has 1 amide bonds. The first kappa shape index (κ1) is 13.4. The van der Waals surface area contributed by atoms with Crippen LogP contribution in [0.25, 0.3) is 0 Å². The molecule has 1 rings (SSSR count). The molecule has 0 bridgehead atoms. The van der Waals surface area contributed by atoms with Crippen LogP contribution in [0.1, 0.15) is 24.3 Å². The van der Waals surface area contributed by atoms with Crippen LogP contribution in [0.4, 0.5) is 5.69 Å². The zero-order valence-electron chi connectivity index (χ0n) is 10.3. The van der Waals surface area contributed by atoms with E-state index in [1.165, 1.54) is 11.1 Å². The van der Waals surface area contributed by atoms with Crippen molar-refractivity contribution < 1.29 is 9.90 Å². The standard InChI is InChI=1S/C11H18N4O2/c1-11(2,17)7-15(3)10(16)9-6-8(14-12)4-5-13-9/h4-6,17H,7,12H2,1-3H3,(H,13,14). The summed E-state index contributed by atoms with van der Waals surface area (Å²) < 4.78 is 0. The van der Waals surface area contributed by atoms with Gasteiger partial charge in [-0.1, -0.05) is 0 Å². The lowest BCUT2D eigenvalue weighted by Gasteiger charge is -2.25. The molecule has 0 unspecified atom stereocenters. The molecule has 0 saturated heterocycles. The van der Waals surface area contributed by atoms with E-state index in [1.54, 1.807) is 33.0 Å². The van der Waals surface area contributed by atoms with Crippen LogP contribution in [0.15, 0.2) is 18.3 Å². The number of rotatable bonds is 4. The number of hydrogen-bond acceptors (Lipinski definition) is 5. The van der Waals surface area contributed by atoms with Crippen LogP contribution in [0.5, 0.6) is 0 Å². The van der Waals surface area contributed by atoms with Crippen LogP contribution in [0.2, 0.25) is 0 Å². The number of nitrogen functional groups attached to an aromatic ring is 1. The van der Waals surface area contributed by atoms with E-state index >= 15 is 0 Å². The maximum absolute atomic E-state index is 12.0. The van der Waals surface area contributed by atoms with Crippen LogP contribution in [-0.2, 0) is 0 Å². The third-order valence-corrected chi connectivity index (χ3v) is 2.12. The van der Waals surface area contributed by atoms with Crippen molar-refractivity contribution in [2.24, 2.45) is 5.84 Å². The predicted octanol–water partition coefficient (Wildman–Crippen LogP) is 0.210. The van der Waals surface area contributed by atoms with E-state index < -0.39 is 5.60 Å². The quantitative estimate of drug-likeness (QED) is 0.515. The predicted molar refractivity (Wildman–Crippen MR) is 65.3 cm³/mol. The van der Waals surface area contributed by atoms with Crippen molar-refractivity contribution in [3.05, 3.63) is 24.0 Å². The minimum absolute atomic E-state index is 0.230. The summed E-state index contributed by atoms with van der Waals surface area (Å²) in [5.41, 5.74) is 2.41. The summed E-state index contributed by atoms with van der Waals surface area (Å²) in [6, 6.07) is 3.22. The minimum atomic E-state index is -0.936. The number of hydrogen-bond donors (Lipinski definition) is 3. The highest BCUT2D eigenvalue weighted by Crippen LogP contribution is 2.10. The number of nitrogens with two attached hydrogens (primary N) is 1. The molecule has 1 heterocycles. The van der Waals surface area contributed by atoms with Gasteiger partial charge in [-0.05, 0) is 26.0 Å². The first-order chi connectivity index (χ1) is 7.83. The lowest BCUT2D eigenvalue weighted by atomic mass is 10.1. The van der Waals surface area contributed by atoms with Gasteiger partial charge in [-0.2, -0.15) is 0 Å². The highest BCUT2D eigenvalue weighted by molar-refractivity contribution is 5.93. The van der Waals surface area contributed by atoms with E-state index in [9.17, 15) is 9.90 Å². The Balaban J connectivity index is 2.81. The van der Waals surface area contributed by atoms with Crippen molar-refractivity contribution in [1.82, 2.24) is 9.88 Å². The van der Waals surface area contributed by atoms with Gasteiger partial charge in [0.1, 0.15) is 5.69 Å². The summed E-state index contributed by atoms with van der Waals surface area (Å²) in [5, 5.41) is 9.64. The normalized spacial score (nSPS) is 11.1. The number of hydrazine groups is 1. The van der Waals surface area contributed by atoms with Crippen LogP contribution in [-0.4, -0.2) is 40.1 Å². The number of nitrogens with one attached hydrogen (secondary N) is 1. The van der Waals surface area contributed by atoms with Crippen molar-refractivity contribution in [3.8, 4) is 0 Å². The number of nitrogens with zero attached hydrogens (tertiary/aromatic N) is 2. The number of amides is 1. The molecule has 0 saturated carbocycles. The van der Waals surface area contributed by atoms with Crippen LogP contribution >= 0.6 is 0 Å². The molecule has 0 aliphatic carbocycles. The Morgan fingerprint density at radius 3 is 2.82 bits per heavy atom. The summed E-state index contributed by atoms with van der Waals surface area (Å²) >= 11 is 0. The van der Waals surface area contributed by atoms with Gasteiger partial charge in [0.25, 0.3) is 5.91 Å². The van der Waals surface area contributed by atoms with E-state index in [0.717, 1.165) is 0 Å². The third kappa shape index (κ3) is 4.01. The lowest BCUT2D eigenvalue weighted by molar-refractivity contribution is 0.0365. The maximum atomic E-state index is 12.0. The van der Waals surface area contributed by atoms with Crippen molar-refractivity contribution in [2.75, 3.05) is 19.0 Å². The highest BCUT2D eigenvalue weighted by Gasteiger charge is 2.21. The van der Waals surface area contributed by atoms with Crippen LogP contribution in [0, 0.1) is 0 Å². The van der Waals surface area contributed by atoms with Gasteiger partial charge < -0.3 is 15.4 Å². The second-order valence-electron chi connectivity index (χ2n) is 4.55. The summed E-state index contributed by atoms with van der Waals surface area (Å²) in [5.74, 6) is 4.99. The fourth-order valence-electron chi connectivity index (χ4n) is 1.49. The van der Waals surface area contributed by atoms with Gasteiger partial charge in [0.15, 0.2) is 0 Å². The second-order valence-corrected chi connectivity index (χ2v) is 4.55. The minimum Gasteiger partial charge on any atom is -0.389 e. The molecule has 0 radical (unpaired) electrons. The van der Waals surface area contributed by atoms with Gasteiger partial charge >= 0.3 is 0 Å². The lowest BCUT2D eigenvalue weighted by Crippen LogP contribution is -2.40. The molecule has 6 nitrogen and oxygen atoms in total. The summed E-state index contributed by atoms with van der Waals surface area (Å²) in [4.78, 5) is 17.4. The largest absolute Gasteiger partial charge is 0.389 e. The molecule has 0 atom stereocenters. The molecule has 1 aromatic heterocycles. The molecule has 0 fully saturated rings. The number of likely N-dealkylation sites (N-methyl/N-ethyl adjacent to an activating group) is 1. The van der Waals surface area contributed by atoms with Gasteiger partial charge in [-0.15, -0.1) is 0 Å². The topological polar surface area (TPSA) is 91.5 Å².